The first kappa shape index (κ1) is 24.9. The van der Waals surface area contributed by atoms with Crippen molar-refractivity contribution < 1.29 is 28.5 Å². The van der Waals surface area contributed by atoms with E-state index in [2.05, 4.69) is 10.2 Å². The molecule has 0 saturated carbocycles. The molecule has 2 aromatic carbocycles. The molecule has 0 fully saturated rings. The summed E-state index contributed by atoms with van der Waals surface area (Å²) in [7, 11) is 2.91. The first-order valence-electron chi connectivity index (χ1n) is 9.88. The van der Waals surface area contributed by atoms with Crippen LogP contribution in [0.4, 0.5) is 11.4 Å². The van der Waals surface area contributed by atoms with Gasteiger partial charge in [-0.3, -0.25) is 9.59 Å². The lowest BCUT2D eigenvalue weighted by Crippen LogP contribution is -2.36. The highest BCUT2D eigenvalue weighted by atomic mass is 35.5. The summed E-state index contributed by atoms with van der Waals surface area (Å²) in [5, 5.41) is 8.07. The maximum atomic E-state index is 13.0. The number of amides is 1. The van der Waals surface area contributed by atoms with Gasteiger partial charge in [-0.05, 0) is 45.0 Å². The lowest BCUT2D eigenvalue weighted by Gasteiger charge is -2.19. The van der Waals surface area contributed by atoms with Crippen LogP contribution in [0.2, 0.25) is 0 Å². The lowest BCUT2D eigenvalue weighted by atomic mass is 10.2. The third-order valence-corrected chi connectivity index (χ3v) is 4.58. The zero-order chi connectivity index (χ0) is 23.7. The average molecular weight is 464 g/mol. The Morgan fingerprint density at radius 1 is 0.969 bits per heavy atom. The van der Waals surface area contributed by atoms with Gasteiger partial charge in [0.1, 0.15) is 34.4 Å². The predicted octanol–water partition coefficient (Wildman–Crippen LogP) is 4.73. The van der Waals surface area contributed by atoms with Crippen molar-refractivity contribution in [3.63, 3.8) is 0 Å². The van der Waals surface area contributed by atoms with E-state index in [0.717, 1.165) is 4.42 Å². The number of hydrogen-bond donors (Lipinski definition) is 0. The molecule has 0 heterocycles. The zero-order valence-electron chi connectivity index (χ0n) is 18.6. The van der Waals surface area contributed by atoms with Crippen molar-refractivity contribution in [2.24, 2.45) is 10.2 Å². The molecule has 172 valence electrons. The SMILES string of the molecule is CCOc1ccc(OCC)c(N=NC(C(C)=O)C(=O)N(Cl)c2cc(OC)ccc2OC)c1. The fraction of sp³-hybridized carbons (Fsp3) is 0.364. The standard InChI is InChI=1S/C22H26ClN3O6/c1-6-31-16-9-10-19(32-7-2)17(12-16)24-25-21(14(3)27)22(28)26(23)18-13-15(29-4)8-11-20(18)30-5/h8-13,21H,6-7H2,1-5H3. The summed E-state index contributed by atoms with van der Waals surface area (Å²) in [4.78, 5) is 25.2. The van der Waals surface area contributed by atoms with Gasteiger partial charge in [-0.2, -0.15) is 10.2 Å². The first-order valence-corrected chi connectivity index (χ1v) is 10.2. The van der Waals surface area contributed by atoms with Crippen LogP contribution in [0.5, 0.6) is 23.0 Å². The van der Waals surface area contributed by atoms with Crippen LogP contribution in [-0.2, 0) is 9.59 Å². The van der Waals surface area contributed by atoms with Crippen LogP contribution < -0.4 is 23.4 Å². The first-order chi connectivity index (χ1) is 15.4. The molecule has 1 unspecified atom stereocenters. The van der Waals surface area contributed by atoms with Gasteiger partial charge in [0.2, 0.25) is 6.04 Å². The fourth-order valence-corrected chi connectivity index (χ4v) is 2.93. The van der Waals surface area contributed by atoms with E-state index in [1.54, 1.807) is 30.3 Å². The van der Waals surface area contributed by atoms with Gasteiger partial charge in [0.25, 0.3) is 5.91 Å². The smallest absolute Gasteiger partial charge is 0.276 e. The molecule has 0 aliphatic carbocycles. The van der Waals surface area contributed by atoms with Crippen LogP contribution in [0.3, 0.4) is 0 Å². The molecule has 0 radical (unpaired) electrons. The predicted molar refractivity (Wildman–Crippen MR) is 121 cm³/mol. The molecule has 0 N–H and O–H groups in total. The summed E-state index contributed by atoms with van der Waals surface area (Å²) < 4.78 is 22.2. The Morgan fingerprint density at radius 2 is 1.62 bits per heavy atom. The van der Waals surface area contributed by atoms with Gasteiger partial charge in [-0.25, -0.2) is 4.42 Å². The summed E-state index contributed by atoms with van der Waals surface area (Å²) in [6, 6.07) is 8.31. The molecular weight excluding hydrogens is 438 g/mol. The average Bonchev–Trinajstić information content (AvgIpc) is 2.79. The number of methoxy groups -OCH3 is 2. The van der Waals surface area contributed by atoms with E-state index in [1.165, 1.54) is 27.2 Å². The molecule has 2 rings (SSSR count). The number of Topliss-reactive ketones (excluding diaryl/α,β-unsaturated/α-hetero) is 1. The molecule has 0 saturated heterocycles. The molecule has 0 bridgehead atoms. The Bertz CT molecular complexity index is 982. The molecule has 0 aliphatic rings. The molecule has 1 atom stereocenters. The van der Waals surface area contributed by atoms with E-state index >= 15 is 0 Å². The minimum Gasteiger partial charge on any atom is -0.497 e. The number of carbonyl (C=O) groups is 2. The van der Waals surface area contributed by atoms with Gasteiger partial charge in [0.05, 0.1) is 27.4 Å². The summed E-state index contributed by atoms with van der Waals surface area (Å²) in [5.41, 5.74) is 0.519. The highest BCUT2D eigenvalue weighted by Gasteiger charge is 2.30. The minimum absolute atomic E-state index is 0.202. The zero-order valence-corrected chi connectivity index (χ0v) is 19.4. The number of carbonyl (C=O) groups excluding carboxylic acids is 2. The number of azo groups is 1. The molecule has 1 amide bonds. The maximum Gasteiger partial charge on any atom is 0.276 e. The number of anilines is 1. The molecule has 10 heteroatoms. The Labute approximate surface area is 192 Å². The molecule has 0 aliphatic heterocycles. The molecule has 0 spiro atoms. The number of ether oxygens (including phenoxy) is 4. The minimum atomic E-state index is -1.48. The quantitative estimate of drug-likeness (QED) is 0.271. The number of ketones is 1. The summed E-state index contributed by atoms with van der Waals surface area (Å²) in [6.07, 6.45) is 0. The summed E-state index contributed by atoms with van der Waals surface area (Å²) in [6.45, 7) is 5.77. The molecule has 0 aromatic heterocycles. The Morgan fingerprint density at radius 3 is 2.22 bits per heavy atom. The largest absolute Gasteiger partial charge is 0.497 e. The van der Waals surface area contributed by atoms with E-state index in [0.29, 0.717) is 41.9 Å². The van der Waals surface area contributed by atoms with Crippen molar-refractivity contribution in [3.8, 4) is 23.0 Å². The molecular formula is C22H26ClN3O6. The van der Waals surface area contributed by atoms with Gasteiger partial charge >= 0.3 is 0 Å². The second-order valence-corrected chi connectivity index (χ2v) is 6.72. The van der Waals surface area contributed by atoms with Crippen LogP contribution in [0.1, 0.15) is 20.8 Å². The molecule has 9 nitrogen and oxygen atoms in total. The Kier molecular flexibility index (Phi) is 9.27. The van der Waals surface area contributed by atoms with Crippen molar-refractivity contribution in [3.05, 3.63) is 36.4 Å². The number of rotatable bonds is 11. The maximum absolute atomic E-state index is 13.0. The number of hydrogen-bond acceptors (Lipinski definition) is 8. The molecule has 2 aromatic rings. The van der Waals surface area contributed by atoms with E-state index < -0.39 is 17.7 Å². The van der Waals surface area contributed by atoms with Crippen LogP contribution in [0, 0.1) is 0 Å². The topological polar surface area (TPSA) is 99.0 Å². The van der Waals surface area contributed by atoms with Gasteiger partial charge in [0, 0.05) is 23.9 Å². The Balaban J connectivity index is 2.39. The summed E-state index contributed by atoms with van der Waals surface area (Å²) >= 11 is 6.29. The molecule has 32 heavy (non-hydrogen) atoms. The van der Waals surface area contributed by atoms with Gasteiger partial charge in [0.15, 0.2) is 5.78 Å². The van der Waals surface area contributed by atoms with Crippen LogP contribution in [0.25, 0.3) is 0 Å². The van der Waals surface area contributed by atoms with E-state index in [4.69, 9.17) is 30.7 Å². The number of halogens is 1. The highest BCUT2D eigenvalue weighted by Crippen LogP contribution is 2.35. The highest BCUT2D eigenvalue weighted by molar-refractivity contribution is 6.39. The Hall–Kier alpha value is -3.33. The van der Waals surface area contributed by atoms with Crippen molar-refractivity contribution in [1.29, 1.82) is 0 Å². The number of benzene rings is 2. The van der Waals surface area contributed by atoms with Crippen molar-refractivity contribution in [2.45, 2.75) is 26.8 Å². The number of nitrogens with zero attached hydrogens (tertiary/aromatic N) is 3. The van der Waals surface area contributed by atoms with Gasteiger partial charge in [-0.1, -0.05) is 0 Å². The normalized spacial score (nSPS) is 11.7. The van der Waals surface area contributed by atoms with E-state index in [9.17, 15) is 9.59 Å². The van der Waals surface area contributed by atoms with Crippen molar-refractivity contribution in [2.75, 3.05) is 31.9 Å². The van der Waals surface area contributed by atoms with Gasteiger partial charge < -0.3 is 18.9 Å². The van der Waals surface area contributed by atoms with Crippen LogP contribution >= 0.6 is 11.8 Å². The van der Waals surface area contributed by atoms with Gasteiger partial charge in [-0.15, -0.1) is 0 Å². The second kappa shape index (κ2) is 11.9. The van der Waals surface area contributed by atoms with Crippen LogP contribution in [0.15, 0.2) is 46.6 Å². The fourth-order valence-electron chi connectivity index (χ4n) is 2.71. The lowest BCUT2D eigenvalue weighted by molar-refractivity contribution is -0.126. The van der Waals surface area contributed by atoms with E-state index in [1.807, 2.05) is 13.8 Å². The summed E-state index contributed by atoms with van der Waals surface area (Å²) in [5.74, 6) is 0.423. The monoisotopic (exact) mass is 463 g/mol. The third-order valence-electron chi connectivity index (χ3n) is 4.23. The van der Waals surface area contributed by atoms with Crippen molar-refractivity contribution in [1.82, 2.24) is 0 Å². The van der Waals surface area contributed by atoms with E-state index in [-0.39, 0.29) is 5.69 Å². The second-order valence-electron chi connectivity index (χ2n) is 6.38. The van der Waals surface area contributed by atoms with Crippen molar-refractivity contribution >= 4 is 34.8 Å². The van der Waals surface area contributed by atoms with Crippen LogP contribution in [-0.4, -0.2) is 45.2 Å². The third kappa shape index (κ3) is 6.10.